The summed E-state index contributed by atoms with van der Waals surface area (Å²) in [4.78, 5) is 11.1. The number of nitrogen functional groups attached to an aromatic ring is 1. The lowest BCUT2D eigenvalue weighted by atomic mass is 10.1. The average Bonchev–Trinajstić information content (AvgIpc) is 2.08. The van der Waals surface area contributed by atoms with Crippen LogP contribution >= 0.6 is 22.6 Å². The van der Waals surface area contributed by atoms with Gasteiger partial charge in [-0.15, -0.1) is 0 Å². The Balaban J connectivity index is 3.33. The van der Waals surface area contributed by atoms with Gasteiger partial charge in [0.05, 0.1) is 5.69 Å². The van der Waals surface area contributed by atoms with Crippen molar-refractivity contribution in [3.8, 4) is 0 Å². The molecule has 2 nitrogen and oxygen atoms in total. The monoisotopic (exact) mass is 311 g/mol. The summed E-state index contributed by atoms with van der Waals surface area (Å²) < 4.78 is 25.1. The van der Waals surface area contributed by atoms with Crippen LogP contribution in [0.4, 0.5) is 14.5 Å². The van der Waals surface area contributed by atoms with Crippen LogP contribution in [0.15, 0.2) is 12.1 Å². The van der Waals surface area contributed by atoms with E-state index in [1.165, 1.54) is 19.1 Å². The maximum Gasteiger partial charge on any atom is 0.265 e. The SMILES string of the molecule is CC(=O)c1ccc(C(F)F)c(N)c1I. The number of Topliss-reactive ketones (excluding diaryl/α,β-unsaturated/α-hetero) is 1. The van der Waals surface area contributed by atoms with Crippen LogP contribution in [0.5, 0.6) is 0 Å². The van der Waals surface area contributed by atoms with Crippen LogP contribution in [0, 0.1) is 3.57 Å². The molecule has 0 unspecified atom stereocenters. The van der Waals surface area contributed by atoms with Gasteiger partial charge in [-0.25, -0.2) is 8.78 Å². The Morgan fingerprint density at radius 2 is 2.07 bits per heavy atom. The van der Waals surface area contributed by atoms with Gasteiger partial charge in [0.15, 0.2) is 5.78 Å². The summed E-state index contributed by atoms with van der Waals surface area (Å²) in [5.41, 5.74) is 5.64. The minimum Gasteiger partial charge on any atom is -0.397 e. The lowest BCUT2D eigenvalue weighted by Gasteiger charge is -2.09. The molecule has 1 rings (SSSR count). The third-order valence-electron chi connectivity index (χ3n) is 1.83. The number of halogens is 3. The van der Waals surface area contributed by atoms with Gasteiger partial charge in [0.25, 0.3) is 6.43 Å². The second-order valence-corrected chi connectivity index (χ2v) is 3.87. The van der Waals surface area contributed by atoms with Gasteiger partial charge < -0.3 is 5.73 Å². The molecular formula is C9H8F2INO. The molecule has 2 N–H and O–H groups in total. The van der Waals surface area contributed by atoms with Gasteiger partial charge in [-0.2, -0.15) is 0 Å². The average molecular weight is 311 g/mol. The zero-order valence-electron chi connectivity index (χ0n) is 7.35. The molecule has 0 bridgehead atoms. The van der Waals surface area contributed by atoms with Crippen LogP contribution < -0.4 is 5.73 Å². The highest BCUT2D eigenvalue weighted by Crippen LogP contribution is 2.30. The van der Waals surface area contributed by atoms with Crippen molar-refractivity contribution >= 4 is 34.1 Å². The van der Waals surface area contributed by atoms with Crippen molar-refractivity contribution in [3.05, 3.63) is 26.8 Å². The molecule has 1 aromatic carbocycles. The number of hydrogen-bond donors (Lipinski definition) is 1. The van der Waals surface area contributed by atoms with Gasteiger partial charge in [0.1, 0.15) is 0 Å². The van der Waals surface area contributed by atoms with E-state index in [0.717, 1.165) is 0 Å². The smallest absolute Gasteiger partial charge is 0.265 e. The molecule has 0 heterocycles. The van der Waals surface area contributed by atoms with Crippen molar-refractivity contribution in [1.29, 1.82) is 0 Å². The van der Waals surface area contributed by atoms with E-state index in [0.29, 0.717) is 9.13 Å². The molecule has 0 amide bonds. The number of benzene rings is 1. The van der Waals surface area contributed by atoms with E-state index in [1.54, 1.807) is 22.6 Å². The molecule has 0 radical (unpaired) electrons. The van der Waals surface area contributed by atoms with Gasteiger partial charge in [-0.3, -0.25) is 4.79 Å². The van der Waals surface area contributed by atoms with Crippen LogP contribution in [0.25, 0.3) is 0 Å². The zero-order valence-corrected chi connectivity index (χ0v) is 9.51. The molecule has 0 aromatic heterocycles. The molecule has 0 saturated heterocycles. The van der Waals surface area contributed by atoms with E-state index in [4.69, 9.17) is 5.73 Å². The number of ketones is 1. The van der Waals surface area contributed by atoms with Gasteiger partial charge in [-0.05, 0) is 35.6 Å². The minimum absolute atomic E-state index is 0.00620. The lowest BCUT2D eigenvalue weighted by molar-refractivity contribution is 0.101. The number of hydrogen-bond acceptors (Lipinski definition) is 2. The molecule has 0 atom stereocenters. The number of anilines is 1. The number of carbonyl (C=O) groups is 1. The van der Waals surface area contributed by atoms with Gasteiger partial charge >= 0.3 is 0 Å². The molecule has 76 valence electrons. The molecule has 0 aliphatic heterocycles. The Morgan fingerprint density at radius 1 is 1.50 bits per heavy atom. The third-order valence-corrected chi connectivity index (χ3v) is 2.99. The Hall–Kier alpha value is -0.720. The Labute approximate surface area is 93.6 Å². The molecule has 0 aliphatic rings. The van der Waals surface area contributed by atoms with Crippen LogP contribution in [0.1, 0.15) is 29.3 Å². The Morgan fingerprint density at radius 3 is 2.50 bits per heavy atom. The van der Waals surface area contributed by atoms with Crippen LogP contribution in [-0.4, -0.2) is 5.78 Å². The van der Waals surface area contributed by atoms with Crippen molar-refractivity contribution in [2.24, 2.45) is 0 Å². The molecule has 14 heavy (non-hydrogen) atoms. The zero-order chi connectivity index (χ0) is 10.9. The number of nitrogens with two attached hydrogens (primary N) is 1. The van der Waals surface area contributed by atoms with Crippen LogP contribution in [-0.2, 0) is 0 Å². The lowest BCUT2D eigenvalue weighted by Crippen LogP contribution is -2.04. The van der Waals surface area contributed by atoms with Gasteiger partial charge in [0, 0.05) is 14.7 Å². The summed E-state index contributed by atoms with van der Waals surface area (Å²) in [6.45, 7) is 1.37. The van der Waals surface area contributed by atoms with Crippen molar-refractivity contribution in [1.82, 2.24) is 0 Å². The first-order valence-electron chi connectivity index (χ1n) is 3.82. The van der Waals surface area contributed by atoms with Crippen molar-refractivity contribution < 1.29 is 13.6 Å². The fourth-order valence-corrected chi connectivity index (χ4v) is 1.94. The molecule has 1 aromatic rings. The fraction of sp³-hybridized carbons (Fsp3) is 0.222. The third kappa shape index (κ3) is 2.02. The second-order valence-electron chi connectivity index (χ2n) is 2.79. The second kappa shape index (κ2) is 4.20. The maximum atomic E-state index is 12.4. The molecular weight excluding hydrogens is 303 g/mol. The Kier molecular flexibility index (Phi) is 3.41. The standard InChI is InChI=1S/C9H8F2INO/c1-4(14)5-2-3-6(9(10)11)8(13)7(5)12/h2-3,9H,13H2,1H3. The van der Waals surface area contributed by atoms with E-state index in [9.17, 15) is 13.6 Å². The molecule has 0 saturated carbocycles. The van der Waals surface area contributed by atoms with Crippen molar-refractivity contribution in [3.63, 3.8) is 0 Å². The largest absolute Gasteiger partial charge is 0.397 e. The van der Waals surface area contributed by atoms with E-state index in [2.05, 4.69) is 0 Å². The first-order valence-corrected chi connectivity index (χ1v) is 4.90. The van der Waals surface area contributed by atoms with E-state index in [1.807, 2.05) is 0 Å². The topological polar surface area (TPSA) is 43.1 Å². The highest BCUT2D eigenvalue weighted by Gasteiger charge is 2.16. The van der Waals surface area contributed by atoms with Crippen LogP contribution in [0.3, 0.4) is 0 Å². The molecule has 0 fully saturated rings. The summed E-state index contributed by atoms with van der Waals surface area (Å²) in [6, 6.07) is 2.57. The highest BCUT2D eigenvalue weighted by molar-refractivity contribution is 14.1. The molecule has 0 spiro atoms. The van der Waals surface area contributed by atoms with Crippen molar-refractivity contribution in [2.45, 2.75) is 13.3 Å². The maximum absolute atomic E-state index is 12.4. The number of alkyl halides is 2. The summed E-state index contributed by atoms with van der Waals surface area (Å²) in [5, 5.41) is 0. The van der Waals surface area contributed by atoms with Crippen molar-refractivity contribution in [2.75, 3.05) is 5.73 Å². The fourth-order valence-electron chi connectivity index (χ4n) is 1.07. The Bertz CT molecular complexity index is 379. The quantitative estimate of drug-likeness (QED) is 0.518. The summed E-state index contributed by atoms with van der Waals surface area (Å²) in [7, 11) is 0. The van der Waals surface area contributed by atoms with Gasteiger partial charge in [0.2, 0.25) is 0 Å². The predicted molar refractivity (Wildman–Crippen MR) is 58.5 cm³/mol. The van der Waals surface area contributed by atoms with E-state index in [-0.39, 0.29) is 17.0 Å². The van der Waals surface area contributed by atoms with E-state index < -0.39 is 6.43 Å². The normalized spacial score (nSPS) is 10.6. The number of rotatable bonds is 2. The van der Waals surface area contributed by atoms with Gasteiger partial charge in [-0.1, -0.05) is 6.07 Å². The number of carbonyl (C=O) groups excluding carboxylic acids is 1. The highest BCUT2D eigenvalue weighted by atomic mass is 127. The van der Waals surface area contributed by atoms with Crippen LogP contribution in [0.2, 0.25) is 0 Å². The minimum atomic E-state index is -2.61. The molecule has 5 heteroatoms. The first kappa shape index (κ1) is 11.4. The summed E-state index contributed by atoms with van der Waals surface area (Å²) in [6.07, 6.45) is -2.61. The summed E-state index contributed by atoms with van der Waals surface area (Å²) in [5.74, 6) is -0.179. The predicted octanol–water partition coefficient (Wildman–Crippen LogP) is 3.01. The first-order chi connectivity index (χ1) is 6.45. The van der Waals surface area contributed by atoms with E-state index >= 15 is 0 Å². The molecule has 0 aliphatic carbocycles. The summed E-state index contributed by atoms with van der Waals surface area (Å²) >= 11 is 1.80.